The lowest BCUT2D eigenvalue weighted by molar-refractivity contribution is -0.134. The lowest BCUT2D eigenvalue weighted by Gasteiger charge is -2.32. The van der Waals surface area contributed by atoms with E-state index in [4.69, 9.17) is 0 Å². The zero-order chi connectivity index (χ0) is 24.8. The van der Waals surface area contributed by atoms with E-state index in [9.17, 15) is 22.8 Å². The second kappa shape index (κ2) is 8.63. The maximum atomic E-state index is 13.5. The monoisotopic (exact) mass is 497 g/mol. The van der Waals surface area contributed by atoms with Crippen LogP contribution in [0.2, 0.25) is 0 Å². The lowest BCUT2D eigenvalue weighted by Crippen LogP contribution is -2.54. The van der Waals surface area contributed by atoms with Gasteiger partial charge in [-0.3, -0.25) is 24.2 Å². The molecule has 11 heteroatoms. The van der Waals surface area contributed by atoms with E-state index >= 15 is 0 Å². The van der Waals surface area contributed by atoms with Gasteiger partial charge >= 0.3 is 0 Å². The highest BCUT2D eigenvalue weighted by Crippen LogP contribution is 2.45. The highest BCUT2D eigenvalue weighted by Gasteiger charge is 2.61. The summed E-state index contributed by atoms with van der Waals surface area (Å²) in [5, 5.41) is 9.21. The number of nitrogens with one attached hydrogen (secondary N) is 3. The zero-order valence-electron chi connectivity index (χ0n) is 19.1. The minimum Gasteiger partial charge on any atom is -0.341 e. The van der Waals surface area contributed by atoms with E-state index in [1.807, 2.05) is 30.3 Å². The van der Waals surface area contributed by atoms with Gasteiger partial charge in [0.25, 0.3) is 5.91 Å². The summed E-state index contributed by atoms with van der Waals surface area (Å²) >= 11 is 0. The van der Waals surface area contributed by atoms with Gasteiger partial charge in [-0.2, -0.15) is 5.10 Å². The molecule has 1 aromatic carbocycles. The highest BCUT2D eigenvalue weighted by atomic mass is 32.2. The fraction of sp³-hybridized carbons (Fsp3) is 0.417. The van der Waals surface area contributed by atoms with Gasteiger partial charge in [-0.15, -0.1) is 6.58 Å². The molecule has 2 saturated carbocycles. The van der Waals surface area contributed by atoms with E-state index in [1.54, 1.807) is 17.2 Å². The molecule has 0 radical (unpaired) electrons. The van der Waals surface area contributed by atoms with Crippen molar-refractivity contribution < 1.29 is 22.8 Å². The van der Waals surface area contributed by atoms with Crippen LogP contribution in [0.25, 0.3) is 0 Å². The Morgan fingerprint density at radius 3 is 2.63 bits per heavy atom. The molecule has 0 spiro atoms. The summed E-state index contributed by atoms with van der Waals surface area (Å²) in [5.41, 5.74) is 0.732. The number of nitrogens with zero attached hydrogens (tertiary/aromatic N) is 2. The summed E-state index contributed by atoms with van der Waals surface area (Å²) in [5.74, 6) is -2.56. The van der Waals surface area contributed by atoms with Gasteiger partial charge < -0.3 is 10.2 Å². The van der Waals surface area contributed by atoms with E-state index < -0.39 is 38.5 Å². The number of carbonyl (C=O) groups excluding carboxylic acids is 3. The molecule has 3 aliphatic rings. The molecular weight excluding hydrogens is 470 g/mol. The summed E-state index contributed by atoms with van der Waals surface area (Å²) in [7, 11) is -3.77. The van der Waals surface area contributed by atoms with E-state index in [1.165, 1.54) is 0 Å². The van der Waals surface area contributed by atoms with Gasteiger partial charge in [-0.05, 0) is 24.8 Å². The molecule has 2 aromatic rings. The average Bonchev–Trinajstić information content (AvgIpc) is 3.75. The summed E-state index contributed by atoms with van der Waals surface area (Å²) in [6.45, 7) is 4.14. The minimum atomic E-state index is -3.77. The van der Waals surface area contributed by atoms with Crippen LogP contribution in [0.3, 0.4) is 0 Å². The third-order valence-electron chi connectivity index (χ3n) is 6.96. The van der Waals surface area contributed by atoms with Crippen molar-refractivity contribution in [3.05, 3.63) is 66.0 Å². The molecular formula is C24H27N5O5S. The summed E-state index contributed by atoms with van der Waals surface area (Å²) in [4.78, 5) is 41.1. The fourth-order valence-corrected chi connectivity index (χ4v) is 6.00. The van der Waals surface area contributed by atoms with Gasteiger partial charge in [0.1, 0.15) is 5.54 Å². The van der Waals surface area contributed by atoms with Crippen molar-refractivity contribution in [2.45, 2.75) is 48.9 Å². The fourth-order valence-electron chi connectivity index (χ4n) is 4.63. The number of hydrogen-bond acceptors (Lipinski definition) is 6. The third kappa shape index (κ3) is 4.47. The van der Waals surface area contributed by atoms with Crippen molar-refractivity contribution in [1.29, 1.82) is 0 Å². The predicted molar refractivity (Wildman–Crippen MR) is 126 cm³/mol. The number of hydrogen-bond donors (Lipinski definition) is 3. The number of aromatic amines is 1. The molecule has 3 N–H and O–H groups in total. The normalized spacial score (nSPS) is 25.3. The number of amides is 3. The van der Waals surface area contributed by atoms with Crippen LogP contribution in [-0.2, 0) is 37.4 Å². The van der Waals surface area contributed by atoms with Crippen molar-refractivity contribution in [3.8, 4) is 0 Å². The largest absolute Gasteiger partial charge is 0.341 e. The quantitative estimate of drug-likeness (QED) is 0.460. The maximum absolute atomic E-state index is 13.5. The second-order valence-corrected chi connectivity index (χ2v) is 11.4. The number of aromatic nitrogens is 2. The van der Waals surface area contributed by atoms with E-state index in [0.717, 1.165) is 11.1 Å². The SMILES string of the molecule is C=C[C@@H]1C[C@]1(NC(=O)C1CN(C(=O)Cc2ccccc2)Cc2c[nH]nc21)C(=O)NS(=O)(=O)C1CC1. The van der Waals surface area contributed by atoms with Crippen LogP contribution in [0.15, 0.2) is 49.2 Å². The number of benzene rings is 1. The van der Waals surface area contributed by atoms with E-state index in [2.05, 4.69) is 26.8 Å². The van der Waals surface area contributed by atoms with E-state index in [-0.39, 0.29) is 31.2 Å². The third-order valence-corrected chi connectivity index (χ3v) is 8.78. The van der Waals surface area contributed by atoms with Crippen molar-refractivity contribution in [1.82, 2.24) is 25.1 Å². The van der Waals surface area contributed by atoms with Crippen LogP contribution in [0.5, 0.6) is 0 Å². The Labute approximate surface area is 203 Å². The van der Waals surface area contributed by atoms with Crippen LogP contribution in [0.1, 0.15) is 42.0 Å². The van der Waals surface area contributed by atoms with Gasteiger partial charge in [0.15, 0.2) is 0 Å². The van der Waals surface area contributed by atoms with Crippen LogP contribution in [-0.4, -0.2) is 58.6 Å². The molecule has 184 valence electrons. The Morgan fingerprint density at radius 1 is 1.23 bits per heavy atom. The molecule has 3 atom stereocenters. The van der Waals surface area contributed by atoms with Crippen molar-refractivity contribution >= 4 is 27.7 Å². The molecule has 2 fully saturated rings. The standard InChI is InChI=1S/C24H27N5O5S/c1-2-17-11-24(17,23(32)28-35(33,34)18-8-9-18)26-22(31)19-14-29(13-16-12-25-27-21(16)19)20(30)10-15-6-4-3-5-7-15/h2-7,12,17-19H,1,8-11,13-14H2,(H,25,27)(H,26,31)(H,28,32)/t17-,19?,24-/m1/s1. The summed E-state index contributed by atoms with van der Waals surface area (Å²) in [6, 6.07) is 9.35. The van der Waals surface area contributed by atoms with Crippen LogP contribution >= 0.6 is 0 Å². The molecule has 35 heavy (non-hydrogen) atoms. The molecule has 10 nitrogen and oxygen atoms in total. The van der Waals surface area contributed by atoms with Gasteiger partial charge in [-0.25, -0.2) is 8.42 Å². The van der Waals surface area contributed by atoms with Crippen LogP contribution in [0.4, 0.5) is 0 Å². The highest BCUT2D eigenvalue weighted by molar-refractivity contribution is 7.91. The minimum absolute atomic E-state index is 0.103. The topological polar surface area (TPSA) is 141 Å². The Morgan fingerprint density at radius 2 is 1.97 bits per heavy atom. The predicted octanol–water partition coefficient (Wildman–Crippen LogP) is 0.748. The van der Waals surface area contributed by atoms with Crippen molar-refractivity contribution in [2.75, 3.05) is 6.54 Å². The molecule has 5 rings (SSSR count). The number of fused-ring (bicyclic) bond motifs is 1. The number of H-pyrrole nitrogens is 1. The first-order valence-corrected chi connectivity index (χ1v) is 13.1. The molecule has 1 aliphatic heterocycles. The summed E-state index contributed by atoms with van der Waals surface area (Å²) < 4.78 is 26.8. The Bertz CT molecular complexity index is 1290. The molecule has 2 heterocycles. The maximum Gasteiger partial charge on any atom is 0.259 e. The van der Waals surface area contributed by atoms with Crippen LogP contribution in [0, 0.1) is 5.92 Å². The molecule has 1 aromatic heterocycles. The second-order valence-electron chi connectivity index (χ2n) is 9.47. The van der Waals surface area contributed by atoms with E-state index in [0.29, 0.717) is 25.1 Å². The van der Waals surface area contributed by atoms with Gasteiger partial charge in [0.05, 0.1) is 23.3 Å². The molecule has 3 amide bonds. The first kappa shape index (κ1) is 23.3. The molecule has 2 aliphatic carbocycles. The average molecular weight is 498 g/mol. The first-order chi connectivity index (χ1) is 16.7. The Balaban J connectivity index is 1.33. The van der Waals surface area contributed by atoms with Gasteiger partial charge in [-0.1, -0.05) is 36.4 Å². The number of rotatable bonds is 8. The first-order valence-electron chi connectivity index (χ1n) is 11.6. The van der Waals surface area contributed by atoms with Crippen molar-refractivity contribution in [2.24, 2.45) is 5.92 Å². The smallest absolute Gasteiger partial charge is 0.259 e. The Hall–Kier alpha value is -3.47. The summed E-state index contributed by atoms with van der Waals surface area (Å²) in [6.07, 6.45) is 4.69. The van der Waals surface area contributed by atoms with Crippen molar-refractivity contribution in [3.63, 3.8) is 0 Å². The zero-order valence-corrected chi connectivity index (χ0v) is 19.9. The molecule has 0 saturated heterocycles. The van der Waals surface area contributed by atoms with Gasteiger partial charge in [0, 0.05) is 30.8 Å². The van der Waals surface area contributed by atoms with Crippen LogP contribution < -0.4 is 10.0 Å². The van der Waals surface area contributed by atoms with Gasteiger partial charge in [0.2, 0.25) is 21.8 Å². The number of carbonyl (C=O) groups is 3. The molecule has 0 bridgehead atoms. The number of sulfonamides is 1. The lowest BCUT2D eigenvalue weighted by atomic mass is 9.94. The molecule has 1 unspecified atom stereocenters. The Kier molecular flexibility index (Phi) is 5.74.